The molecule has 0 saturated carbocycles. The number of hydrogen-bond donors (Lipinski definition) is 1. The van der Waals surface area contributed by atoms with Gasteiger partial charge in [-0.2, -0.15) is 0 Å². The first-order valence-corrected chi connectivity index (χ1v) is 7.54. The molecule has 3 rings (SSSR count). The molecule has 0 saturated heterocycles. The Morgan fingerprint density at radius 2 is 2.00 bits per heavy atom. The van der Waals surface area contributed by atoms with Crippen molar-refractivity contribution in [1.82, 2.24) is 0 Å². The van der Waals surface area contributed by atoms with Crippen molar-refractivity contribution in [3.8, 4) is 11.5 Å². The predicted molar refractivity (Wildman–Crippen MR) is 89.8 cm³/mol. The van der Waals surface area contributed by atoms with Crippen LogP contribution in [0.2, 0.25) is 0 Å². The van der Waals surface area contributed by atoms with E-state index in [4.69, 9.17) is 4.74 Å². The Hall–Kier alpha value is -2.75. The van der Waals surface area contributed by atoms with E-state index < -0.39 is 6.10 Å². The molecule has 0 radical (unpaired) electrons. The van der Waals surface area contributed by atoms with Crippen LogP contribution < -0.4 is 9.64 Å². The van der Waals surface area contributed by atoms with Crippen molar-refractivity contribution in [2.45, 2.75) is 19.4 Å². The molecule has 0 spiro atoms. The third kappa shape index (κ3) is 3.21. The molecule has 2 aromatic rings. The molecule has 1 aliphatic heterocycles. The second-order valence-electron chi connectivity index (χ2n) is 5.83. The highest BCUT2D eigenvalue weighted by molar-refractivity contribution is 6.00. The highest BCUT2D eigenvalue weighted by Gasteiger charge is 2.34. The zero-order valence-electron chi connectivity index (χ0n) is 13.0. The zero-order valence-corrected chi connectivity index (χ0v) is 13.0. The van der Waals surface area contributed by atoms with Crippen molar-refractivity contribution in [3.63, 3.8) is 0 Å². The van der Waals surface area contributed by atoms with E-state index in [0.29, 0.717) is 24.4 Å². The summed E-state index contributed by atoms with van der Waals surface area (Å²) in [5, 5.41) is 9.71. The lowest BCUT2D eigenvalue weighted by Crippen LogP contribution is -2.47. The van der Waals surface area contributed by atoms with E-state index in [2.05, 4.69) is 6.58 Å². The van der Waals surface area contributed by atoms with E-state index in [9.17, 15) is 9.90 Å². The number of carbonyl (C=O) groups is 1. The molecule has 4 nitrogen and oxygen atoms in total. The Morgan fingerprint density at radius 1 is 1.26 bits per heavy atom. The first-order valence-electron chi connectivity index (χ1n) is 7.54. The summed E-state index contributed by atoms with van der Waals surface area (Å²) in [7, 11) is 0. The van der Waals surface area contributed by atoms with Crippen LogP contribution in [0.25, 0.3) is 0 Å². The van der Waals surface area contributed by atoms with E-state index in [1.165, 1.54) is 0 Å². The smallest absolute Gasteiger partial charge is 0.268 e. The molecule has 0 bridgehead atoms. The lowest BCUT2D eigenvalue weighted by Gasteiger charge is -2.34. The Labute approximate surface area is 135 Å². The molecule has 23 heavy (non-hydrogen) atoms. The fourth-order valence-electron chi connectivity index (χ4n) is 2.70. The number of nitrogens with zero attached hydrogens (tertiary/aromatic N) is 1. The largest absolute Gasteiger partial charge is 0.508 e. The van der Waals surface area contributed by atoms with E-state index in [-0.39, 0.29) is 11.7 Å². The van der Waals surface area contributed by atoms with Crippen molar-refractivity contribution in [3.05, 3.63) is 66.2 Å². The topological polar surface area (TPSA) is 49.8 Å². The molecule has 0 fully saturated rings. The normalized spacial score (nSPS) is 16.7. The van der Waals surface area contributed by atoms with Gasteiger partial charge in [0.25, 0.3) is 5.91 Å². The van der Waals surface area contributed by atoms with Crippen molar-refractivity contribution in [1.29, 1.82) is 0 Å². The molecule has 1 amide bonds. The number of anilines is 1. The predicted octanol–water partition coefficient (Wildman–Crippen LogP) is 3.31. The summed E-state index contributed by atoms with van der Waals surface area (Å²) in [6.07, 6.45) is -0.0686. The van der Waals surface area contributed by atoms with Gasteiger partial charge in [0, 0.05) is 19.0 Å². The lowest BCUT2D eigenvalue weighted by molar-refractivity contribution is -0.126. The van der Waals surface area contributed by atoms with Gasteiger partial charge in [0.05, 0.1) is 5.69 Å². The summed E-state index contributed by atoms with van der Waals surface area (Å²) in [6, 6.07) is 14.6. The van der Waals surface area contributed by atoms with Gasteiger partial charge in [-0.05, 0) is 24.6 Å². The summed E-state index contributed by atoms with van der Waals surface area (Å²) in [6.45, 7) is 6.17. The van der Waals surface area contributed by atoms with Gasteiger partial charge in [-0.1, -0.05) is 42.5 Å². The fourth-order valence-corrected chi connectivity index (χ4v) is 2.70. The van der Waals surface area contributed by atoms with Gasteiger partial charge in [-0.15, -0.1) is 0 Å². The van der Waals surface area contributed by atoms with Gasteiger partial charge in [0.2, 0.25) is 0 Å². The number of carbonyl (C=O) groups excluding carboxylic acids is 1. The van der Waals surface area contributed by atoms with Crippen molar-refractivity contribution < 1.29 is 14.6 Å². The van der Waals surface area contributed by atoms with Crippen molar-refractivity contribution in [2.75, 3.05) is 11.4 Å². The summed E-state index contributed by atoms with van der Waals surface area (Å²) < 4.78 is 5.88. The number of ether oxygens (including phenoxy) is 1. The Morgan fingerprint density at radius 3 is 2.70 bits per heavy atom. The Balaban J connectivity index is 1.94. The number of phenols is 1. The van der Waals surface area contributed by atoms with E-state index in [0.717, 1.165) is 11.1 Å². The van der Waals surface area contributed by atoms with E-state index in [1.54, 1.807) is 23.1 Å². The Kier molecular flexibility index (Phi) is 4.06. The second kappa shape index (κ2) is 6.16. The number of rotatable bonds is 4. The summed E-state index contributed by atoms with van der Waals surface area (Å²) >= 11 is 0. The summed E-state index contributed by atoms with van der Waals surface area (Å²) in [5.41, 5.74) is 2.50. The molecule has 1 N–H and O–H groups in total. The van der Waals surface area contributed by atoms with Crippen LogP contribution in [-0.2, 0) is 11.2 Å². The van der Waals surface area contributed by atoms with Crippen LogP contribution in [0.15, 0.2) is 60.7 Å². The molecule has 0 aliphatic carbocycles. The number of amides is 1. The molecule has 2 aromatic carbocycles. The van der Waals surface area contributed by atoms with Crippen molar-refractivity contribution in [2.24, 2.45) is 0 Å². The number of benzene rings is 2. The average Bonchev–Trinajstić information content (AvgIpc) is 2.53. The number of aromatic hydroxyl groups is 1. The number of phenolic OH excluding ortho intramolecular Hbond substituents is 1. The summed E-state index contributed by atoms with van der Waals surface area (Å²) in [4.78, 5) is 14.5. The summed E-state index contributed by atoms with van der Waals surface area (Å²) in [5.74, 6) is 0.591. The van der Waals surface area contributed by atoms with Gasteiger partial charge in [-0.25, -0.2) is 0 Å². The van der Waals surface area contributed by atoms with Gasteiger partial charge in [0.15, 0.2) is 6.10 Å². The third-order valence-corrected chi connectivity index (χ3v) is 3.74. The molecule has 1 aliphatic rings. The van der Waals surface area contributed by atoms with Gasteiger partial charge >= 0.3 is 0 Å². The fraction of sp³-hybridized carbons (Fsp3) is 0.211. The van der Waals surface area contributed by atoms with E-state index >= 15 is 0 Å². The standard InChI is InChI=1S/C19H19NO3/c1-13(2)12-20-16-11-15(21)8-9-17(16)23-18(19(20)22)10-14-6-4-3-5-7-14/h3-9,11,18,21H,1,10,12H2,2H3. The minimum Gasteiger partial charge on any atom is -0.508 e. The zero-order chi connectivity index (χ0) is 16.4. The maximum Gasteiger partial charge on any atom is 0.268 e. The van der Waals surface area contributed by atoms with Gasteiger partial charge in [-0.3, -0.25) is 4.79 Å². The maximum absolute atomic E-state index is 12.8. The van der Waals surface area contributed by atoms with Crippen LogP contribution in [0.3, 0.4) is 0 Å². The second-order valence-corrected chi connectivity index (χ2v) is 5.83. The monoisotopic (exact) mass is 309 g/mol. The molecular weight excluding hydrogens is 290 g/mol. The number of fused-ring (bicyclic) bond motifs is 1. The Bertz CT molecular complexity index is 740. The van der Waals surface area contributed by atoms with Gasteiger partial charge < -0.3 is 14.7 Å². The van der Waals surface area contributed by atoms with Crippen LogP contribution in [0, 0.1) is 0 Å². The van der Waals surface area contributed by atoms with Crippen LogP contribution in [0.4, 0.5) is 5.69 Å². The molecule has 118 valence electrons. The molecule has 4 heteroatoms. The molecular formula is C19H19NO3. The van der Waals surface area contributed by atoms with Gasteiger partial charge in [0.1, 0.15) is 11.5 Å². The van der Waals surface area contributed by atoms with Crippen LogP contribution in [-0.4, -0.2) is 23.7 Å². The lowest BCUT2D eigenvalue weighted by atomic mass is 10.0. The van der Waals surface area contributed by atoms with Crippen LogP contribution in [0.1, 0.15) is 12.5 Å². The minimum absolute atomic E-state index is 0.105. The van der Waals surface area contributed by atoms with Crippen LogP contribution in [0.5, 0.6) is 11.5 Å². The average molecular weight is 309 g/mol. The highest BCUT2D eigenvalue weighted by atomic mass is 16.5. The first kappa shape index (κ1) is 15.2. The minimum atomic E-state index is -0.575. The SMILES string of the molecule is C=C(C)CN1C(=O)C(Cc2ccccc2)Oc2ccc(O)cc21. The maximum atomic E-state index is 12.8. The molecule has 1 atom stereocenters. The highest BCUT2D eigenvalue weighted by Crippen LogP contribution is 2.37. The molecule has 0 aromatic heterocycles. The molecule has 1 unspecified atom stereocenters. The third-order valence-electron chi connectivity index (χ3n) is 3.74. The van der Waals surface area contributed by atoms with E-state index in [1.807, 2.05) is 37.3 Å². The quantitative estimate of drug-likeness (QED) is 0.882. The van der Waals surface area contributed by atoms with Crippen LogP contribution >= 0.6 is 0 Å². The van der Waals surface area contributed by atoms with Crippen molar-refractivity contribution >= 4 is 11.6 Å². The number of hydrogen-bond acceptors (Lipinski definition) is 3. The first-order chi connectivity index (χ1) is 11.0. The molecule has 1 heterocycles.